The van der Waals surface area contributed by atoms with Gasteiger partial charge in [-0.1, -0.05) is 17.3 Å². The van der Waals surface area contributed by atoms with Gasteiger partial charge >= 0.3 is 0 Å². The summed E-state index contributed by atoms with van der Waals surface area (Å²) in [5.74, 6) is 0.930. The number of fused-ring (bicyclic) bond motifs is 1. The molecule has 25 heavy (non-hydrogen) atoms. The van der Waals surface area contributed by atoms with Crippen molar-refractivity contribution in [3.05, 3.63) is 65.9 Å². The molecule has 6 nitrogen and oxygen atoms in total. The van der Waals surface area contributed by atoms with Gasteiger partial charge in [-0.25, -0.2) is 0 Å². The molecule has 0 bridgehead atoms. The smallest absolute Gasteiger partial charge is 0.250 e. The zero-order valence-corrected chi connectivity index (χ0v) is 13.4. The van der Waals surface area contributed by atoms with E-state index in [0.29, 0.717) is 11.7 Å². The quantitative estimate of drug-likeness (QED) is 0.614. The lowest BCUT2D eigenvalue weighted by Gasteiger charge is -2.02. The second-order valence-corrected chi connectivity index (χ2v) is 5.59. The van der Waals surface area contributed by atoms with Gasteiger partial charge in [0.05, 0.1) is 11.7 Å². The first-order valence-electron chi connectivity index (χ1n) is 7.71. The Hall–Kier alpha value is -3.54. The van der Waals surface area contributed by atoms with Gasteiger partial charge in [-0.05, 0) is 42.3 Å². The average molecular weight is 330 g/mol. The molecule has 0 atom stereocenters. The fourth-order valence-electron chi connectivity index (χ4n) is 2.56. The summed E-state index contributed by atoms with van der Waals surface area (Å²) in [5, 5.41) is 14.5. The lowest BCUT2D eigenvalue weighted by Crippen LogP contribution is -1.86. The Bertz CT molecular complexity index is 1090. The van der Waals surface area contributed by atoms with Crippen LogP contribution in [-0.4, -0.2) is 25.2 Å². The number of hydrogen-bond acceptors (Lipinski definition) is 6. The third-order valence-electron chi connectivity index (χ3n) is 3.88. The summed E-state index contributed by atoms with van der Waals surface area (Å²) in [6.07, 6.45) is 8.58. The molecule has 1 N–H and O–H groups in total. The Labute approximate surface area is 143 Å². The van der Waals surface area contributed by atoms with Crippen molar-refractivity contribution in [2.75, 3.05) is 0 Å². The number of rotatable bonds is 3. The van der Waals surface area contributed by atoms with Gasteiger partial charge in [-0.2, -0.15) is 4.98 Å². The van der Waals surface area contributed by atoms with Crippen LogP contribution in [0.4, 0.5) is 0 Å². The van der Waals surface area contributed by atoms with E-state index in [2.05, 4.69) is 20.1 Å². The van der Waals surface area contributed by atoms with E-state index in [4.69, 9.17) is 4.52 Å². The summed E-state index contributed by atoms with van der Waals surface area (Å²) in [7, 11) is 0. The average Bonchev–Trinajstić information content (AvgIpc) is 3.09. The maximum atomic E-state index is 9.70. The summed E-state index contributed by atoms with van der Waals surface area (Å²) in [6, 6.07) is 9.18. The minimum atomic E-state index is 0.0932. The fraction of sp³-hybridized carbons (Fsp3) is 0.0526. The van der Waals surface area contributed by atoms with Gasteiger partial charge in [-0.3, -0.25) is 9.97 Å². The maximum absolute atomic E-state index is 9.70. The summed E-state index contributed by atoms with van der Waals surface area (Å²) in [5.41, 5.74) is 3.60. The molecule has 4 rings (SSSR count). The Morgan fingerprint density at radius 3 is 2.92 bits per heavy atom. The Balaban J connectivity index is 1.70. The van der Waals surface area contributed by atoms with Crippen LogP contribution in [-0.2, 0) is 0 Å². The fourth-order valence-corrected chi connectivity index (χ4v) is 2.56. The van der Waals surface area contributed by atoms with Crippen LogP contribution in [0, 0.1) is 6.92 Å². The molecule has 0 aliphatic carbocycles. The summed E-state index contributed by atoms with van der Waals surface area (Å²) < 4.78 is 5.31. The van der Waals surface area contributed by atoms with E-state index in [0.717, 1.165) is 27.6 Å². The number of aromatic nitrogens is 4. The van der Waals surface area contributed by atoms with Gasteiger partial charge in [-0.15, -0.1) is 0 Å². The standard InChI is InChI=1S/C19H14N4O2/c1-12-7-8-20-10-13(12)5-6-18-22-19(23-25-18)15-3-2-4-17-16(15)9-14(24)11-21-17/h2-11,24H,1H3/b6-5+. The summed E-state index contributed by atoms with van der Waals surface area (Å²) >= 11 is 0. The normalized spacial score (nSPS) is 11.4. The second kappa shape index (κ2) is 6.16. The first kappa shape index (κ1) is 15.0. The molecule has 0 saturated carbocycles. The highest BCUT2D eigenvalue weighted by Gasteiger charge is 2.11. The Morgan fingerprint density at radius 1 is 1.12 bits per heavy atom. The van der Waals surface area contributed by atoms with Crippen molar-refractivity contribution in [3.8, 4) is 17.1 Å². The monoisotopic (exact) mass is 330 g/mol. The van der Waals surface area contributed by atoms with E-state index in [1.54, 1.807) is 24.5 Å². The molecule has 3 heterocycles. The van der Waals surface area contributed by atoms with E-state index >= 15 is 0 Å². The second-order valence-electron chi connectivity index (χ2n) is 5.59. The molecule has 122 valence electrons. The summed E-state index contributed by atoms with van der Waals surface area (Å²) in [4.78, 5) is 12.7. The highest BCUT2D eigenvalue weighted by molar-refractivity contribution is 5.93. The third kappa shape index (κ3) is 2.97. The van der Waals surface area contributed by atoms with Gasteiger partial charge in [0.2, 0.25) is 5.82 Å². The number of aromatic hydroxyl groups is 1. The molecule has 0 saturated heterocycles. The van der Waals surface area contributed by atoms with Gasteiger partial charge in [0, 0.05) is 29.4 Å². The highest BCUT2D eigenvalue weighted by Crippen LogP contribution is 2.28. The molecule has 0 spiro atoms. The van der Waals surface area contributed by atoms with Crippen LogP contribution in [0.5, 0.6) is 5.75 Å². The van der Waals surface area contributed by atoms with Gasteiger partial charge in [0.25, 0.3) is 5.89 Å². The van der Waals surface area contributed by atoms with Gasteiger partial charge in [0.1, 0.15) is 5.75 Å². The van der Waals surface area contributed by atoms with Crippen LogP contribution in [0.1, 0.15) is 17.0 Å². The van der Waals surface area contributed by atoms with E-state index in [1.165, 1.54) is 6.20 Å². The molecule has 0 radical (unpaired) electrons. The van der Waals surface area contributed by atoms with Crippen molar-refractivity contribution in [2.45, 2.75) is 6.92 Å². The third-order valence-corrected chi connectivity index (χ3v) is 3.88. The lowest BCUT2D eigenvalue weighted by atomic mass is 10.1. The van der Waals surface area contributed by atoms with Crippen molar-refractivity contribution in [3.63, 3.8) is 0 Å². The molecule has 6 heteroatoms. The van der Waals surface area contributed by atoms with E-state index in [9.17, 15) is 5.11 Å². The first-order chi connectivity index (χ1) is 12.2. The molecule has 4 aromatic rings. The molecule has 0 fully saturated rings. The topological polar surface area (TPSA) is 84.9 Å². The molecular formula is C19H14N4O2. The largest absolute Gasteiger partial charge is 0.506 e. The van der Waals surface area contributed by atoms with Crippen molar-refractivity contribution in [1.82, 2.24) is 20.1 Å². The number of pyridine rings is 2. The van der Waals surface area contributed by atoms with E-state index in [-0.39, 0.29) is 5.75 Å². The van der Waals surface area contributed by atoms with Crippen LogP contribution in [0.2, 0.25) is 0 Å². The SMILES string of the molecule is Cc1ccncc1/C=C/c1nc(-c2cccc3ncc(O)cc23)no1. The van der Waals surface area contributed by atoms with Crippen LogP contribution in [0.3, 0.4) is 0 Å². The number of benzene rings is 1. The van der Waals surface area contributed by atoms with E-state index in [1.807, 2.05) is 37.3 Å². The predicted molar refractivity (Wildman–Crippen MR) is 94.6 cm³/mol. The number of nitrogens with zero attached hydrogens (tertiary/aromatic N) is 4. The van der Waals surface area contributed by atoms with Crippen molar-refractivity contribution in [1.29, 1.82) is 0 Å². The van der Waals surface area contributed by atoms with Crippen molar-refractivity contribution in [2.24, 2.45) is 0 Å². The highest BCUT2D eigenvalue weighted by atomic mass is 16.5. The van der Waals surface area contributed by atoms with Crippen LogP contribution in [0.15, 0.2) is 53.4 Å². The molecule has 0 aliphatic rings. The summed E-state index contributed by atoms with van der Waals surface area (Å²) in [6.45, 7) is 2.01. The van der Waals surface area contributed by atoms with Gasteiger partial charge < -0.3 is 9.63 Å². The number of aryl methyl sites for hydroxylation is 1. The first-order valence-corrected chi connectivity index (χ1v) is 7.71. The van der Waals surface area contributed by atoms with Gasteiger partial charge in [0.15, 0.2) is 0 Å². The van der Waals surface area contributed by atoms with Crippen LogP contribution in [0.25, 0.3) is 34.4 Å². The zero-order chi connectivity index (χ0) is 17.2. The van der Waals surface area contributed by atoms with Crippen LogP contribution >= 0.6 is 0 Å². The maximum Gasteiger partial charge on any atom is 0.250 e. The Morgan fingerprint density at radius 2 is 2.04 bits per heavy atom. The minimum Gasteiger partial charge on any atom is -0.506 e. The van der Waals surface area contributed by atoms with Crippen molar-refractivity contribution >= 4 is 23.1 Å². The number of hydrogen-bond donors (Lipinski definition) is 1. The molecule has 0 aliphatic heterocycles. The Kier molecular flexibility index (Phi) is 3.70. The minimum absolute atomic E-state index is 0.0932. The molecule has 1 aromatic carbocycles. The molecule has 3 aromatic heterocycles. The zero-order valence-electron chi connectivity index (χ0n) is 13.4. The van der Waals surface area contributed by atoms with Crippen molar-refractivity contribution < 1.29 is 9.63 Å². The lowest BCUT2D eigenvalue weighted by molar-refractivity contribution is 0.411. The molecule has 0 amide bonds. The predicted octanol–water partition coefficient (Wildman–Crippen LogP) is 3.86. The van der Waals surface area contributed by atoms with E-state index < -0.39 is 0 Å². The van der Waals surface area contributed by atoms with Crippen LogP contribution < -0.4 is 0 Å². The molecule has 0 unspecified atom stereocenters. The molecular weight excluding hydrogens is 316 g/mol.